The van der Waals surface area contributed by atoms with Gasteiger partial charge in [-0.2, -0.15) is 0 Å². The summed E-state index contributed by atoms with van der Waals surface area (Å²) in [4.78, 5) is 0. The quantitative estimate of drug-likeness (QED) is 0.508. The molecule has 0 heterocycles. The van der Waals surface area contributed by atoms with E-state index in [0.717, 1.165) is 12.2 Å². The third-order valence-electron chi connectivity index (χ3n) is 3.66. The molecule has 0 fully saturated rings. The van der Waals surface area contributed by atoms with Crippen molar-refractivity contribution in [3.8, 4) is 5.75 Å². The molecule has 0 aliphatic heterocycles. The summed E-state index contributed by atoms with van der Waals surface area (Å²) < 4.78 is 5.59. The number of hydrogen-bond acceptors (Lipinski definition) is 1. The smallest absolute Gasteiger partial charge is 0.123 e. The number of methoxy groups -OCH3 is 1. The van der Waals surface area contributed by atoms with Gasteiger partial charge < -0.3 is 4.74 Å². The van der Waals surface area contributed by atoms with Gasteiger partial charge in [0.05, 0.1) is 7.11 Å². The van der Waals surface area contributed by atoms with E-state index in [1.807, 2.05) is 18.2 Å². The van der Waals surface area contributed by atoms with E-state index in [0.29, 0.717) is 0 Å². The maximum Gasteiger partial charge on any atom is 0.123 e. The predicted octanol–water partition coefficient (Wildman–Crippen LogP) is 5.68. The summed E-state index contributed by atoms with van der Waals surface area (Å²) in [6.07, 6.45) is 7.42. The number of rotatable bonds is 5. The second-order valence-electron chi connectivity index (χ2n) is 5.75. The van der Waals surface area contributed by atoms with Gasteiger partial charge in [0.1, 0.15) is 5.75 Å². The Kier molecular flexibility index (Phi) is 5.60. The SMILES string of the molecule is COc1cc(/C=C/c2ccccc2)cc(C)c1CC=C(C)C. The van der Waals surface area contributed by atoms with Crippen LogP contribution in [0.3, 0.4) is 0 Å². The lowest BCUT2D eigenvalue weighted by Crippen LogP contribution is -1.96. The van der Waals surface area contributed by atoms with Crippen LogP contribution in [-0.2, 0) is 6.42 Å². The highest BCUT2D eigenvalue weighted by molar-refractivity contribution is 5.71. The van der Waals surface area contributed by atoms with Gasteiger partial charge in [-0.15, -0.1) is 0 Å². The third-order valence-corrected chi connectivity index (χ3v) is 3.66. The molecule has 0 unspecified atom stereocenters. The Labute approximate surface area is 134 Å². The van der Waals surface area contributed by atoms with E-state index in [2.05, 4.69) is 63.3 Å². The minimum atomic E-state index is 0.917. The molecular formula is C21H24O. The first-order valence-corrected chi connectivity index (χ1v) is 7.64. The van der Waals surface area contributed by atoms with E-state index in [1.54, 1.807) is 7.11 Å². The zero-order valence-electron chi connectivity index (χ0n) is 13.9. The molecule has 0 atom stereocenters. The molecule has 1 heteroatoms. The first kappa shape index (κ1) is 16.1. The molecule has 2 aromatic rings. The van der Waals surface area contributed by atoms with E-state index < -0.39 is 0 Å². The highest BCUT2D eigenvalue weighted by Crippen LogP contribution is 2.26. The number of allylic oxidation sites excluding steroid dienone is 2. The largest absolute Gasteiger partial charge is 0.496 e. The van der Waals surface area contributed by atoms with Crippen molar-refractivity contribution in [3.63, 3.8) is 0 Å². The van der Waals surface area contributed by atoms with Crippen molar-refractivity contribution >= 4 is 12.2 Å². The summed E-state index contributed by atoms with van der Waals surface area (Å²) in [7, 11) is 1.74. The average Bonchev–Trinajstić information content (AvgIpc) is 2.52. The molecule has 0 amide bonds. The van der Waals surface area contributed by atoms with Crippen molar-refractivity contribution in [2.45, 2.75) is 27.2 Å². The second-order valence-corrected chi connectivity index (χ2v) is 5.75. The van der Waals surface area contributed by atoms with Crippen LogP contribution in [0.4, 0.5) is 0 Å². The van der Waals surface area contributed by atoms with Crippen LogP contribution in [-0.4, -0.2) is 7.11 Å². The minimum Gasteiger partial charge on any atom is -0.496 e. The van der Waals surface area contributed by atoms with Crippen molar-refractivity contribution in [1.29, 1.82) is 0 Å². The number of ether oxygens (including phenoxy) is 1. The highest BCUT2D eigenvalue weighted by atomic mass is 16.5. The Morgan fingerprint density at radius 1 is 1.00 bits per heavy atom. The molecule has 0 saturated heterocycles. The van der Waals surface area contributed by atoms with Crippen molar-refractivity contribution < 1.29 is 4.74 Å². The zero-order valence-corrected chi connectivity index (χ0v) is 13.9. The lowest BCUT2D eigenvalue weighted by Gasteiger charge is -2.12. The Morgan fingerprint density at radius 3 is 2.32 bits per heavy atom. The molecule has 0 bridgehead atoms. The first-order valence-electron chi connectivity index (χ1n) is 7.64. The van der Waals surface area contributed by atoms with E-state index in [4.69, 9.17) is 4.74 Å². The Bertz CT molecular complexity index is 675. The lowest BCUT2D eigenvalue weighted by molar-refractivity contribution is 0.410. The lowest BCUT2D eigenvalue weighted by atomic mass is 9.99. The first-order chi connectivity index (χ1) is 10.6. The zero-order chi connectivity index (χ0) is 15.9. The molecule has 2 rings (SSSR count). The molecule has 0 N–H and O–H groups in total. The molecule has 0 saturated carbocycles. The normalized spacial score (nSPS) is 10.7. The van der Waals surface area contributed by atoms with Gasteiger partial charge in [0, 0.05) is 5.56 Å². The minimum absolute atomic E-state index is 0.917. The van der Waals surface area contributed by atoms with Gasteiger partial charge in [-0.05, 0) is 49.9 Å². The van der Waals surface area contributed by atoms with Crippen molar-refractivity contribution in [1.82, 2.24) is 0 Å². The fourth-order valence-electron chi connectivity index (χ4n) is 2.41. The topological polar surface area (TPSA) is 9.23 Å². The van der Waals surface area contributed by atoms with E-state index in [9.17, 15) is 0 Å². The van der Waals surface area contributed by atoms with Crippen LogP contribution in [0.1, 0.15) is 36.1 Å². The summed E-state index contributed by atoms with van der Waals surface area (Å²) in [5.74, 6) is 0.963. The van der Waals surface area contributed by atoms with Crippen LogP contribution in [0, 0.1) is 6.92 Å². The summed E-state index contributed by atoms with van der Waals surface area (Å²) >= 11 is 0. The van der Waals surface area contributed by atoms with Crippen LogP contribution in [0.15, 0.2) is 54.1 Å². The summed E-state index contributed by atoms with van der Waals surface area (Å²) in [5.41, 5.74) is 6.23. The van der Waals surface area contributed by atoms with Crippen molar-refractivity contribution in [2.75, 3.05) is 7.11 Å². The molecular weight excluding hydrogens is 268 g/mol. The van der Waals surface area contributed by atoms with Gasteiger partial charge >= 0.3 is 0 Å². The van der Waals surface area contributed by atoms with E-state index >= 15 is 0 Å². The Hall–Kier alpha value is -2.28. The average molecular weight is 292 g/mol. The second kappa shape index (κ2) is 7.65. The number of aryl methyl sites for hydroxylation is 1. The molecule has 114 valence electrons. The van der Waals surface area contributed by atoms with Crippen molar-refractivity contribution in [2.24, 2.45) is 0 Å². The van der Waals surface area contributed by atoms with Crippen LogP contribution in [0.2, 0.25) is 0 Å². The Balaban J connectivity index is 2.29. The molecule has 2 aromatic carbocycles. The maximum atomic E-state index is 5.59. The van der Waals surface area contributed by atoms with Gasteiger partial charge in [-0.3, -0.25) is 0 Å². The van der Waals surface area contributed by atoms with Gasteiger partial charge in [0.25, 0.3) is 0 Å². The molecule has 1 nitrogen and oxygen atoms in total. The van der Waals surface area contributed by atoms with E-state index in [1.165, 1.54) is 27.8 Å². The van der Waals surface area contributed by atoms with Gasteiger partial charge in [0.2, 0.25) is 0 Å². The third kappa shape index (κ3) is 4.36. The maximum absolute atomic E-state index is 5.59. The van der Waals surface area contributed by atoms with Crippen LogP contribution < -0.4 is 4.74 Å². The summed E-state index contributed by atoms with van der Waals surface area (Å²) in [6, 6.07) is 14.7. The van der Waals surface area contributed by atoms with E-state index in [-0.39, 0.29) is 0 Å². The molecule has 0 radical (unpaired) electrons. The summed E-state index contributed by atoms with van der Waals surface area (Å²) in [6.45, 7) is 6.40. The molecule has 0 aliphatic carbocycles. The standard InChI is InChI=1S/C21H24O/c1-16(2)10-13-20-17(3)14-19(15-21(20)22-4)12-11-18-8-6-5-7-9-18/h5-12,14-15H,13H2,1-4H3/b12-11+. The molecule has 0 aromatic heterocycles. The molecule has 22 heavy (non-hydrogen) atoms. The monoisotopic (exact) mass is 292 g/mol. The van der Waals surface area contributed by atoms with Crippen LogP contribution in [0.5, 0.6) is 5.75 Å². The fraction of sp³-hybridized carbons (Fsp3) is 0.238. The van der Waals surface area contributed by atoms with Crippen LogP contribution >= 0.6 is 0 Å². The Morgan fingerprint density at radius 2 is 1.68 bits per heavy atom. The van der Waals surface area contributed by atoms with Gasteiger partial charge in [-0.25, -0.2) is 0 Å². The van der Waals surface area contributed by atoms with Gasteiger partial charge in [0.15, 0.2) is 0 Å². The van der Waals surface area contributed by atoms with Crippen molar-refractivity contribution in [3.05, 3.63) is 76.4 Å². The number of hydrogen-bond donors (Lipinski definition) is 0. The molecule has 0 aliphatic rings. The van der Waals surface area contributed by atoms with Crippen LogP contribution in [0.25, 0.3) is 12.2 Å². The number of benzene rings is 2. The molecule has 0 spiro atoms. The predicted molar refractivity (Wildman–Crippen MR) is 96.2 cm³/mol. The highest BCUT2D eigenvalue weighted by Gasteiger charge is 2.07. The summed E-state index contributed by atoms with van der Waals surface area (Å²) in [5, 5.41) is 0. The fourth-order valence-corrected chi connectivity index (χ4v) is 2.41. The van der Waals surface area contributed by atoms with Gasteiger partial charge in [-0.1, -0.05) is 60.2 Å².